The molecule has 1 amide bonds. The van der Waals surface area contributed by atoms with Crippen LogP contribution in [0.2, 0.25) is 0 Å². The monoisotopic (exact) mass is 529 g/mol. The molecule has 36 heavy (non-hydrogen) atoms. The Morgan fingerprint density at radius 1 is 0.833 bits per heavy atom. The van der Waals surface area contributed by atoms with Gasteiger partial charge < -0.3 is 5.32 Å². The van der Waals surface area contributed by atoms with E-state index >= 15 is 0 Å². The number of hydrogen-bond acceptors (Lipinski definition) is 5. The van der Waals surface area contributed by atoms with E-state index in [1.54, 1.807) is 63.2 Å². The fourth-order valence-corrected chi connectivity index (χ4v) is 6.64. The van der Waals surface area contributed by atoms with Gasteiger partial charge in [0.05, 0.1) is 16.3 Å². The van der Waals surface area contributed by atoms with E-state index in [4.69, 9.17) is 0 Å². The summed E-state index contributed by atoms with van der Waals surface area (Å²) in [7, 11) is -6.46. The molecule has 0 aromatic heterocycles. The van der Waals surface area contributed by atoms with E-state index in [1.165, 1.54) is 19.2 Å². The Morgan fingerprint density at radius 3 is 2.03 bits per heavy atom. The summed E-state index contributed by atoms with van der Waals surface area (Å²) in [6, 6.07) is 17.0. The summed E-state index contributed by atoms with van der Waals surface area (Å²) in [6.45, 7) is 6.65. The molecule has 3 aromatic carbocycles. The van der Waals surface area contributed by atoms with E-state index in [1.807, 2.05) is 13.0 Å². The smallest absolute Gasteiger partial charge is 0.244 e. The van der Waals surface area contributed by atoms with Crippen molar-refractivity contribution in [2.24, 2.45) is 0 Å². The number of rotatable bonds is 9. The summed E-state index contributed by atoms with van der Waals surface area (Å²) in [5.41, 5.74) is 3.81. The lowest BCUT2D eigenvalue weighted by Gasteiger charge is -2.24. The first-order valence-corrected chi connectivity index (χ1v) is 14.2. The van der Waals surface area contributed by atoms with Crippen LogP contribution in [0.15, 0.2) is 70.5 Å². The van der Waals surface area contributed by atoms with Gasteiger partial charge in [-0.25, -0.2) is 21.6 Å². The van der Waals surface area contributed by atoms with Crippen molar-refractivity contribution in [1.82, 2.24) is 9.03 Å². The zero-order valence-corrected chi connectivity index (χ0v) is 22.6. The molecule has 0 aliphatic heterocycles. The SMILES string of the molecule is CNS(=O)(=O)c1ccc(C)c(NC(=O)CN(Cc2ccccc2)S(=O)(=O)c2c(C)cc(C)cc2C)c1. The molecule has 0 aliphatic rings. The quantitative estimate of drug-likeness (QED) is 0.439. The molecule has 0 unspecified atom stereocenters. The Bertz CT molecular complexity index is 1460. The molecule has 0 spiro atoms. The third kappa shape index (κ3) is 6.19. The highest BCUT2D eigenvalue weighted by Crippen LogP contribution is 2.27. The van der Waals surface area contributed by atoms with Crippen LogP contribution in [-0.2, 0) is 31.4 Å². The summed E-state index contributed by atoms with van der Waals surface area (Å²) in [5, 5.41) is 2.69. The predicted molar refractivity (Wildman–Crippen MR) is 141 cm³/mol. The number of anilines is 1. The van der Waals surface area contributed by atoms with Crippen LogP contribution in [0.25, 0.3) is 0 Å². The van der Waals surface area contributed by atoms with Gasteiger partial charge in [0.15, 0.2) is 0 Å². The lowest BCUT2D eigenvalue weighted by atomic mass is 10.1. The van der Waals surface area contributed by atoms with Crippen molar-refractivity contribution < 1.29 is 21.6 Å². The summed E-state index contributed by atoms with van der Waals surface area (Å²) >= 11 is 0. The zero-order valence-electron chi connectivity index (χ0n) is 21.0. The first-order valence-electron chi connectivity index (χ1n) is 11.3. The van der Waals surface area contributed by atoms with Gasteiger partial charge in [-0.05, 0) is 69.1 Å². The van der Waals surface area contributed by atoms with Crippen molar-refractivity contribution >= 4 is 31.6 Å². The molecule has 0 fully saturated rings. The maximum absolute atomic E-state index is 13.8. The maximum atomic E-state index is 13.8. The average Bonchev–Trinajstić information content (AvgIpc) is 2.79. The molecule has 8 nitrogen and oxygen atoms in total. The Kier molecular flexibility index (Phi) is 8.35. The number of benzene rings is 3. The minimum absolute atomic E-state index is 0.00347. The second-order valence-electron chi connectivity index (χ2n) is 8.72. The largest absolute Gasteiger partial charge is 0.325 e. The fraction of sp³-hybridized carbons (Fsp3) is 0.269. The van der Waals surface area contributed by atoms with E-state index in [9.17, 15) is 21.6 Å². The van der Waals surface area contributed by atoms with E-state index in [-0.39, 0.29) is 22.0 Å². The minimum Gasteiger partial charge on any atom is -0.325 e. The predicted octanol–water partition coefficient (Wildman–Crippen LogP) is 3.66. The molecule has 0 atom stereocenters. The van der Waals surface area contributed by atoms with Gasteiger partial charge in [-0.1, -0.05) is 54.1 Å². The number of aryl methyl sites for hydroxylation is 4. The molecule has 0 saturated heterocycles. The Morgan fingerprint density at radius 2 is 1.44 bits per heavy atom. The Labute approximate surface area is 213 Å². The van der Waals surface area contributed by atoms with Crippen LogP contribution in [-0.4, -0.2) is 40.6 Å². The number of hydrogen-bond donors (Lipinski definition) is 2. The van der Waals surface area contributed by atoms with Crippen molar-refractivity contribution in [3.05, 3.63) is 88.5 Å². The van der Waals surface area contributed by atoms with Crippen LogP contribution in [0.5, 0.6) is 0 Å². The third-order valence-corrected chi connectivity index (χ3v) is 9.30. The zero-order chi connectivity index (χ0) is 26.7. The van der Waals surface area contributed by atoms with Crippen molar-refractivity contribution in [3.8, 4) is 0 Å². The first-order chi connectivity index (χ1) is 16.8. The van der Waals surface area contributed by atoms with Gasteiger partial charge in [0.1, 0.15) is 0 Å². The van der Waals surface area contributed by atoms with E-state index < -0.39 is 32.5 Å². The van der Waals surface area contributed by atoms with Gasteiger partial charge in [0, 0.05) is 12.2 Å². The van der Waals surface area contributed by atoms with Gasteiger partial charge in [-0.2, -0.15) is 4.31 Å². The van der Waals surface area contributed by atoms with Gasteiger partial charge in [0.2, 0.25) is 26.0 Å². The van der Waals surface area contributed by atoms with Crippen LogP contribution >= 0.6 is 0 Å². The number of carbonyl (C=O) groups is 1. The number of nitrogens with one attached hydrogen (secondary N) is 2. The Hall–Kier alpha value is -3.05. The molecule has 2 N–H and O–H groups in total. The van der Waals surface area contributed by atoms with E-state index in [0.29, 0.717) is 16.7 Å². The van der Waals surface area contributed by atoms with Crippen LogP contribution in [0.4, 0.5) is 5.69 Å². The van der Waals surface area contributed by atoms with E-state index in [2.05, 4.69) is 10.0 Å². The molecule has 10 heteroatoms. The standard InChI is InChI=1S/C26H31N3O5S2/c1-18-13-20(3)26(21(4)14-18)36(33,34)29(16-22-9-7-6-8-10-22)17-25(30)28-24-15-23(12-11-19(24)2)35(31,32)27-5/h6-15,27H,16-17H2,1-5H3,(H,28,30). The van der Waals surface area contributed by atoms with E-state index in [0.717, 1.165) is 15.4 Å². The summed E-state index contributed by atoms with van der Waals surface area (Å²) in [4.78, 5) is 13.3. The maximum Gasteiger partial charge on any atom is 0.244 e. The van der Waals surface area contributed by atoms with Gasteiger partial charge in [0.25, 0.3) is 0 Å². The molecular weight excluding hydrogens is 498 g/mol. The van der Waals surface area contributed by atoms with Crippen LogP contribution < -0.4 is 10.0 Å². The number of sulfonamides is 2. The number of amides is 1. The molecule has 0 bridgehead atoms. The Balaban J connectivity index is 1.98. The molecule has 192 valence electrons. The normalized spacial score (nSPS) is 12.1. The number of nitrogens with zero attached hydrogens (tertiary/aromatic N) is 1. The van der Waals surface area contributed by atoms with Crippen molar-refractivity contribution in [1.29, 1.82) is 0 Å². The molecule has 0 radical (unpaired) electrons. The molecular formula is C26H31N3O5S2. The summed E-state index contributed by atoms with van der Waals surface area (Å²) in [5.74, 6) is -0.584. The highest BCUT2D eigenvalue weighted by Gasteiger charge is 2.30. The molecule has 3 rings (SSSR count). The minimum atomic E-state index is -4.04. The second kappa shape index (κ2) is 10.9. The first kappa shape index (κ1) is 27.5. The van der Waals surface area contributed by atoms with Crippen LogP contribution in [0.3, 0.4) is 0 Å². The lowest BCUT2D eigenvalue weighted by molar-refractivity contribution is -0.116. The average molecular weight is 530 g/mol. The summed E-state index contributed by atoms with van der Waals surface area (Å²) in [6.07, 6.45) is 0. The van der Waals surface area contributed by atoms with Gasteiger partial charge in [-0.3, -0.25) is 4.79 Å². The highest BCUT2D eigenvalue weighted by atomic mass is 32.2. The van der Waals surface area contributed by atoms with Crippen LogP contribution in [0.1, 0.15) is 27.8 Å². The molecule has 0 saturated carbocycles. The fourth-order valence-electron chi connectivity index (χ4n) is 4.09. The topological polar surface area (TPSA) is 113 Å². The van der Waals surface area contributed by atoms with Crippen molar-refractivity contribution in [2.45, 2.75) is 44.0 Å². The molecule has 3 aromatic rings. The van der Waals surface area contributed by atoms with Gasteiger partial charge in [-0.15, -0.1) is 0 Å². The van der Waals surface area contributed by atoms with Crippen molar-refractivity contribution in [2.75, 3.05) is 18.9 Å². The van der Waals surface area contributed by atoms with Gasteiger partial charge >= 0.3 is 0 Å². The molecule has 0 heterocycles. The van der Waals surface area contributed by atoms with Crippen molar-refractivity contribution in [3.63, 3.8) is 0 Å². The second-order valence-corrected chi connectivity index (χ2v) is 12.5. The lowest BCUT2D eigenvalue weighted by Crippen LogP contribution is -2.38. The highest BCUT2D eigenvalue weighted by molar-refractivity contribution is 7.89. The third-order valence-electron chi connectivity index (χ3n) is 5.79. The summed E-state index contributed by atoms with van der Waals surface area (Å²) < 4.78 is 55.4. The number of carbonyl (C=O) groups excluding carboxylic acids is 1. The van der Waals surface area contributed by atoms with Crippen LogP contribution in [0, 0.1) is 27.7 Å². The molecule has 0 aliphatic carbocycles.